The molecule has 45 heavy (non-hydrogen) atoms. The van der Waals surface area contributed by atoms with E-state index in [2.05, 4.69) is 4.98 Å². The fourth-order valence-corrected chi connectivity index (χ4v) is 5.99. The summed E-state index contributed by atoms with van der Waals surface area (Å²) in [7, 11) is 4.97. The molecule has 0 unspecified atom stereocenters. The van der Waals surface area contributed by atoms with Gasteiger partial charge in [-0.3, -0.25) is 14.6 Å². The summed E-state index contributed by atoms with van der Waals surface area (Å²) in [6, 6.07) is 26.5. The fourth-order valence-electron chi connectivity index (χ4n) is 5.72. The molecule has 0 spiro atoms. The number of carbonyl (C=O) groups excluding carboxylic acids is 2. The molecule has 0 atom stereocenters. The highest BCUT2D eigenvalue weighted by molar-refractivity contribution is 6.34. The number of nitrogens with zero attached hydrogens (tertiary/aromatic N) is 4. The zero-order chi connectivity index (χ0) is 31.5. The molecule has 1 aliphatic rings. The van der Waals surface area contributed by atoms with Gasteiger partial charge in [-0.15, -0.1) is 0 Å². The largest absolute Gasteiger partial charge is 0.497 e. The second kappa shape index (κ2) is 12.9. The molecule has 0 fully saturated rings. The number of ether oxygens (including phenoxy) is 2. The van der Waals surface area contributed by atoms with Gasteiger partial charge in [0, 0.05) is 48.0 Å². The quantitative estimate of drug-likeness (QED) is 0.192. The van der Waals surface area contributed by atoms with Crippen LogP contribution in [0.3, 0.4) is 0 Å². The van der Waals surface area contributed by atoms with Gasteiger partial charge < -0.3 is 23.8 Å². The first-order valence-corrected chi connectivity index (χ1v) is 15.0. The number of amides is 2. The number of methoxy groups -OCH3 is 2. The fraction of sp³-hybridized carbons (Fsp3) is 0.194. The van der Waals surface area contributed by atoms with Crippen molar-refractivity contribution in [2.75, 3.05) is 32.7 Å². The predicted molar refractivity (Wildman–Crippen MR) is 175 cm³/mol. The van der Waals surface area contributed by atoms with Crippen LogP contribution in [0.1, 0.15) is 37.7 Å². The van der Waals surface area contributed by atoms with Crippen LogP contribution in [0.25, 0.3) is 11.1 Å². The van der Waals surface area contributed by atoms with Gasteiger partial charge in [-0.25, -0.2) is 0 Å². The van der Waals surface area contributed by atoms with E-state index in [0.29, 0.717) is 40.9 Å². The van der Waals surface area contributed by atoms with Gasteiger partial charge in [-0.1, -0.05) is 41.9 Å². The van der Waals surface area contributed by atoms with Crippen LogP contribution in [0.5, 0.6) is 11.5 Å². The van der Waals surface area contributed by atoms with Crippen molar-refractivity contribution in [2.24, 2.45) is 0 Å². The number of pyridine rings is 1. The van der Waals surface area contributed by atoms with Gasteiger partial charge in [0.1, 0.15) is 17.2 Å². The molecule has 0 bridgehead atoms. The normalized spacial score (nSPS) is 12.1. The molecule has 9 heteroatoms. The molecule has 0 saturated carbocycles. The van der Waals surface area contributed by atoms with Crippen molar-refractivity contribution in [3.63, 3.8) is 0 Å². The second-order valence-electron chi connectivity index (χ2n) is 10.9. The molecular formula is C36H33ClN4O4. The molecule has 0 aliphatic carbocycles. The number of benzene rings is 3. The van der Waals surface area contributed by atoms with Crippen LogP contribution in [0, 0.1) is 0 Å². The number of rotatable bonds is 8. The summed E-state index contributed by atoms with van der Waals surface area (Å²) in [6.45, 7) is 1.29. The summed E-state index contributed by atoms with van der Waals surface area (Å²) < 4.78 is 13.1. The van der Waals surface area contributed by atoms with E-state index in [0.717, 1.165) is 40.1 Å². The molecule has 3 heterocycles. The van der Waals surface area contributed by atoms with E-state index in [1.807, 2.05) is 84.4 Å². The van der Waals surface area contributed by atoms with Gasteiger partial charge in [0.15, 0.2) is 0 Å². The van der Waals surface area contributed by atoms with Crippen molar-refractivity contribution in [1.82, 2.24) is 14.5 Å². The maximum absolute atomic E-state index is 14.4. The number of carbonyl (C=O) groups is 2. The van der Waals surface area contributed by atoms with E-state index in [9.17, 15) is 9.59 Å². The van der Waals surface area contributed by atoms with E-state index in [4.69, 9.17) is 21.1 Å². The smallest absolute Gasteiger partial charge is 0.270 e. The minimum absolute atomic E-state index is 0.0749. The average molecular weight is 621 g/mol. The first-order valence-electron chi connectivity index (χ1n) is 14.6. The van der Waals surface area contributed by atoms with Crippen LogP contribution < -0.4 is 14.4 Å². The number of hydrogen-bond donors (Lipinski definition) is 0. The first-order chi connectivity index (χ1) is 21.9. The SMILES string of the molecule is COc1cccc(-c2cc(OC)c(C(=O)N3Cc4ccc(C(=O)N(C)CCc5ccncc5)n4Cc4ccccc43)cc2Cl)c1. The van der Waals surface area contributed by atoms with Crippen LogP contribution in [-0.2, 0) is 19.5 Å². The third kappa shape index (κ3) is 6.01. The number of likely N-dealkylation sites (N-methyl/N-ethyl adjacent to an activating group) is 1. The van der Waals surface area contributed by atoms with Gasteiger partial charge in [-0.2, -0.15) is 0 Å². The molecule has 0 saturated heterocycles. The number of aromatic nitrogens is 2. The lowest BCUT2D eigenvalue weighted by molar-refractivity contribution is 0.0786. The Morgan fingerprint density at radius 2 is 1.71 bits per heavy atom. The van der Waals surface area contributed by atoms with Crippen molar-refractivity contribution in [3.8, 4) is 22.6 Å². The number of hydrogen-bond acceptors (Lipinski definition) is 5. The van der Waals surface area contributed by atoms with Gasteiger partial charge in [0.05, 0.1) is 32.9 Å². The molecule has 5 aromatic rings. The zero-order valence-electron chi connectivity index (χ0n) is 25.4. The summed E-state index contributed by atoms with van der Waals surface area (Å²) in [5.74, 6) is 0.778. The summed E-state index contributed by atoms with van der Waals surface area (Å²) >= 11 is 6.80. The van der Waals surface area contributed by atoms with Crippen molar-refractivity contribution in [3.05, 3.63) is 130 Å². The third-order valence-corrected chi connectivity index (χ3v) is 8.51. The first kappa shape index (κ1) is 30.0. The summed E-state index contributed by atoms with van der Waals surface area (Å²) in [5.41, 5.74) is 6.16. The van der Waals surface area contributed by atoms with Gasteiger partial charge >= 0.3 is 0 Å². The third-order valence-electron chi connectivity index (χ3n) is 8.20. The van der Waals surface area contributed by atoms with E-state index >= 15 is 0 Å². The van der Waals surface area contributed by atoms with Gasteiger partial charge in [0.25, 0.3) is 11.8 Å². The minimum atomic E-state index is -0.254. The highest BCUT2D eigenvalue weighted by Gasteiger charge is 2.30. The number of fused-ring (bicyclic) bond motifs is 2. The van der Waals surface area contributed by atoms with E-state index in [-0.39, 0.29) is 18.4 Å². The lowest BCUT2D eigenvalue weighted by Crippen LogP contribution is -2.32. The Morgan fingerprint density at radius 1 is 0.911 bits per heavy atom. The number of para-hydroxylation sites is 1. The molecule has 2 aromatic heterocycles. The van der Waals surface area contributed by atoms with Gasteiger partial charge in [-0.05, 0) is 77.7 Å². The Bertz CT molecular complexity index is 1870. The lowest BCUT2D eigenvalue weighted by atomic mass is 10.0. The van der Waals surface area contributed by atoms with Crippen molar-refractivity contribution < 1.29 is 19.1 Å². The highest BCUT2D eigenvalue weighted by Crippen LogP contribution is 2.38. The molecule has 8 nitrogen and oxygen atoms in total. The number of anilines is 1. The van der Waals surface area contributed by atoms with Crippen LogP contribution in [0.15, 0.2) is 97.3 Å². The highest BCUT2D eigenvalue weighted by atomic mass is 35.5. The topological polar surface area (TPSA) is 76.9 Å². The Kier molecular flexibility index (Phi) is 8.58. The molecule has 0 radical (unpaired) electrons. The predicted octanol–water partition coefficient (Wildman–Crippen LogP) is 6.74. The molecule has 2 amide bonds. The van der Waals surface area contributed by atoms with Crippen LogP contribution in [0.2, 0.25) is 5.02 Å². The van der Waals surface area contributed by atoms with Crippen molar-refractivity contribution in [2.45, 2.75) is 19.5 Å². The molecule has 0 N–H and O–H groups in total. The van der Waals surface area contributed by atoms with E-state index in [1.165, 1.54) is 0 Å². The summed E-state index contributed by atoms with van der Waals surface area (Å²) in [5, 5.41) is 0.418. The maximum atomic E-state index is 14.4. The molecule has 1 aliphatic heterocycles. The monoisotopic (exact) mass is 620 g/mol. The zero-order valence-corrected chi connectivity index (χ0v) is 26.1. The average Bonchev–Trinajstić information content (AvgIpc) is 3.39. The standard InChI is InChI=1S/C36H33ClN4O4/c1-39(18-15-24-13-16-38-17-14-24)36(43)33-12-11-27-23-41(32-10-5-4-7-26(32)22-40(27)33)35(42)30-20-31(37)29(21-34(30)45-3)25-8-6-9-28(19-25)44-2/h4-14,16-17,19-21H,15,18,22-23H2,1-3H3. The van der Waals surface area contributed by atoms with Crippen molar-refractivity contribution in [1.29, 1.82) is 0 Å². The van der Waals surface area contributed by atoms with Crippen LogP contribution in [0.4, 0.5) is 5.69 Å². The van der Waals surface area contributed by atoms with Crippen molar-refractivity contribution >= 4 is 29.1 Å². The van der Waals surface area contributed by atoms with E-state index in [1.54, 1.807) is 48.5 Å². The Labute approximate surface area is 267 Å². The van der Waals surface area contributed by atoms with Crippen LogP contribution >= 0.6 is 11.6 Å². The maximum Gasteiger partial charge on any atom is 0.270 e. The Hall–Kier alpha value is -5.08. The van der Waals surface area contributed by atoms with Gasteiger partial charge in [0.2, 0.25) is 0 Å². The van der Waals surface area contributed by atoms with Crippen LogP contribution in [-0.4, -0.2) is 54.1 Å². The molecular weight excluding hydrogens is 588 g/mol. The second-order valence-corrected chi connectivity index (χ2v) is 11.3. The number of halogens is 1. The Morgan fingerprint density at radius 3 is 2.49 bits per heavy atom. The Balaban J connectivity index is 1.32. The van der Waals surface area contributed by atoms with E-state index < -0.39 is 0 Å². The minimum Gasteiger partial charge on any atom is -0.497 e. The summed E-state index contributed by atoms with van der Waals surface area (Å²) in [4.78, 5) is 35.5. The molecule has 6 rings (SSSR count). The molecule has 3 aromatic carbocycles. The molecule has 228 valence electrons. The lowest BCUT2D eigenvalue weighted by Gasteiger charge is -2.24. The summed E-state index contributed by atoms with van der Waals surface area (Å²) in [6.07, 6.45) is 4.24.